The molecule has 1 aliphatic heterocycles. The van der Waals surface area contributed by atoms with Crippen molar-refractivity contribution < 1.29 is 8.42 Å². The van der Waals surface area contributed by atoms with E-state index in [1.165, 1.54) is 4.31 Å². The van der Waals surface area contributed by atoms with Gasteiger partial charge in [0.1, 0.15) is 5.82 Å². The van der Waals surface area contributed by atoms with Crippen molar-refractivity contribution in [2.75, 3.05) is 13.1 Å². The van der Waals surface area contributed by atoms with Gasteiger partial charge in [-0.25, -0.2) is 13.4 Å². The molecule has 1 N–H and O–H groups in total. The second-order valence-corrected chi connectivity index (χ2v) is 7.79. The van der Waals surface area contributed by atoms with E-state index in [0.29, 0.717) is 18.1 Å². The first-order valence-corrected chi connectivity index (χ1v) is 8.93. The SMILES string of the molecule is Cc1nc(C2CCN(S(=O)(=O)c3ccc(Cl)cc3)CC2)n[nH]1. The highest BCUT2D eigenvalue weighted by atomic mass is 35.5. The Morgan fingerprint density at radius 2 is 1.86 bits per heavy atom. The van der Waals surface area contributed by atoms with Crippen LogP contribution in [0.1, 0.15) is 30.4 Å². The summed E-state index contributed by atoms with van der Waals surface area (Å²) in [6.07, 6.45) is 1.45. The largest absolute Gasteiger partial charge is 0.263 e. The molecule has 0 spiro atoms. The zero-order valence-electron chi connectivity index (χ0n) is 12.2. The minimum atomic E-state index is -3.45. The van der Waals surface area contributed by atoms with Crippen molar-refractivity contribution in [2.45, 2.75) is 30.6 Å². The van der Waals surface area contributed by atoms with Gasteiger partial charge in [0.2, 0.25) is 10.0 Å². The summed E-state index contributed by atoms with van der Waals surface area (Å²) in [6, 6.07) is 6.28. The highest BCUT2D eigenvalue weighted by Gasteiger charge is 2.31. The zero-order chi connectivity index (χ0) is 15.7. The van der Waals surface area contributed by atoms with Crippen LogP contribution in [0.15, 0.2) is 29.2 Å². The Labute approximate surface area is 134 Å². The van der Waals surface area contributed by atoms with Crippen LogP contribution in [0.2, 0.25) is 5.02 Å². The molecule has 0 radical (unpaired) electrons. The van der Waals surface area contributed by atoms with Gasteiger partial charge in [-0.15, -0.1) is 0 Å². The van der Waals surface area contributed by atoms with E-state index < -0.39 is 10.0 Å². The molecule has 1 fully saturated rings. The first-order valence-electron chi connectivity index (χ1n) is 7.11. The van der Waals surface area contributed by atoms with Gasteiger partial charge in [0, 0.05) is 24.0 Å². The van der Waals surface area contributed by atoms with Crippen LogP contribution in [-0.2, 0) is 10.0 Å². The van der Waals surface area contributed by atoms with Crippen LogP contribution >= 0.6 is 11.6 Å². The lowest BCUT2D eigenvalue weighted by atomic mass is 9.98. The van der Waals surface area contributed by atoms with E-state index in [4.69, 9.17) is 11.6 Å². The molecular formula is C14H17ClN4O2S. The molecule has 1 aromatic heterocycles. The highest BCUT2D eigenvalue weighted by Crippen LogP contribution is 2.29. The third-order valence-electron chi connectivity index (χ3n) is 3.88. The first kappa shape index (κ1) is 15.5. The van der Waals surface area contributed by atoms with Gasteiger partial charge in [-0.2, -0.15) is 9.40 Å². The average Bonchev–Trinajstić information content (AvgIpc) is 2.94. The zero-order valence-corrected chi connectivity index (χ0v) is 13.7. The number of halogens is 1. The molecule has 0 unspecified atom stereocenters. The summed E-state index contributed by atoms with van der Waals surface area (Å²) in [5.74, 6) is 1.77. The molecule has 6 nitrogen and oxygen atoms in total. The molecule has 118 valence electrons. The van der Waals surface area contributed by atoms with E-state index >= 15 is 0 Å². The summed E-state index contributed by atoms with van der Waals surface area (Å²) in [4.78, 5) is 4.62. The Balaban J connectivity index is 1.71. The number of hydrogen-bond donors (Lipinski definition) is 1. The minimum Gasteiger partial charge on any atom is -0.263 e. The fraction of sp³-hybridized carbons (Fsp3) is 0.429. The number of hydrogen-bond acceptors (Lipinski definition) is 4. The van der Waals surface area contributed by atoms with Crippen molar-refractivity contribution in [3.63, 3.8) is 0 Å². The summed E-state index contributed by atoms with van der Waals surface area (Å²) in [7, 11) is -3.45. The quantitative estimate of drug-likeness (QED) is 0.930. The third kappa shape index (κ3) is 3.02. The van der Waals surface area contributed by atoms with Crippen LogP contribution in [0.5, 0.6) is 0 Å². The molecule has 22 heavy (non-hydrogen) atoms. The third-order valence-corrected chi connectivity index (χ3v) is 6.05. The number of aromatic amines is 1. The van der Waals surface area contributed by atoms with Gasteiger partial charge < -0.3 is 0 Å². The Hall–Kier alpha value is -1.44. The molecule has 0 amide bonds. The Morgan fingerprint density at radius 3 is 2.41 bits per heavy atom. The molecule has 1 aromatic carbocycles. The highest BCUT2D eigenvalue weighted by molar-refractivity contribution is 7.89. The maximum absolute atomic E-state index is 12.6. The van der Waals surface area contributed by atoms with Crippen LogP contribution in [0.25, 0.3) is 0 Å². The van der Waals surface area contributed by atoms with Crippen LogP contribution in [0, 0.1) is 6.92 Å². The maximum Gasteiger partial charge on any atom is 0.243 e. The number of benzene rings is 1. The Bertz CT molecular complexity index is 749. The van der Waals surface area contributed by atoms with E-state index in [2.05, 4.69) is 15.2 Å². The van der Waals surface area contributed by atoms with Gasteiger partial charge in [-0.3, -0.25) is 5.10 Å². The summed E-state index contributed by atoms with van der Waals surface area (Å²) >= 11 is 5.81. The second-order valence-electron chi connectivity index (χ2n) is 5.41. The predicted molar refractivity (Wildman–Crippen MR) is 83.3 cm³/mol. The molecule has 0 atom stereocenters. The van der Waals surface area contributed by atoms with Crippen molar-refractivity contribution in [1.29, 1.82) is 0 Å². The molecular weight excluding hydrogens is 324 g/mol. The lowest BCUT2D eigenvalue weighted by Crippen LogP contribution is -2.38. The maximum atomic E-state index is 12.6. The smallest absolute Gasteiger partial charge is 0.243 e. The lowest BCUT2D eigenvalue weighted by molar-refractivity contribution is 0.314. The van der Waals surface area contributed by atoms with E-state index in [0.717, 1.165) is 24.5 Å². The standard InChI is InChI=1S/C14H17ClN4O2S/c1-10-16-14(18-17-10)11-6-8-19(9-7-11)22(20,21)13-4-2-12(15)3-5-13/h2-5,11H,6-9H2,1H3,(H,16,17,18). The van der Waals surface area contributed by atoms with Gasteiger partial charge in [0.05, 0.1) is 4.90 Å². The van der Waals surface area contributed by atoms with Crippen molar-refractivity contribution in [3.05, 3.63) is 40.9 Å². The number of nitrogens with zero attached hydrogens (tertiary/aromatic N) is 3. The van der Waals surface area contributed by atoms with Gasteiger partial charge in [-0.05, 0) is 44.0 Å². The van der Waals surface area contributed by atoms with Crippen molar-refractivity contribution >= 4 is 21.6 Å². The molecule has 1 aliphatic rings. The van der Waals surface area contributed by atoms with E-state index in [9.17, 15) is 8.42 Å². The van der Waals surface area contributed by atoms with Crippen LogP contribution in [0.4, 0.5) is 0 Å². The predicted octanol–water partition coefficient (Wildman–Crippen LogP) is 2.33. The molecule has 2 heterocycles. The molecule has 8 heteroatoms. The van der Waals surface area contributed by atoms with Crippen LogP contribution in [-0.4, -0.2) is 41.0 Å². The fourth-order valence-electron chi connectivity index (χ4n) is 2.65. The topological polar surface area (TPSA) is 79.0 Å². The molecule has 0 aliphatic carbocycles. The fourth-order valence-corrected chi connectivity index (χ4v) is 4.25. The summed E-state index contributed by atoms with van der Waals surface area (Å²) in [6.45, 7) is 2.81. The van der Waals surface area contributed by atoms with Crippen LogP contribution in [0.3, 0.4) is 0 Å². The van der Waals surface area contributed by atoms with Gasteiger partial charge >= 0.3 is 0 Å². The molecule has 3 rings (SSSR count). The molecule has 0 saturated carbocycles. The molecule has 0 bridgehead atoms. The van der Waals surface area contributed by atoms with Gasteiger partial charge in [-0.1, -0.05) is 11.6 Å². The van der Waals surface area contributed by atoms with Gasteiger partial charge in [0.25, 0.3) is 0 Å². The van der Waals surface area contributed by atoms with Gasteiger partial charge in [0.15, 0.2) is 5.82 Å². The number of sulfonamides is 1. The average molecular weight is 341 g/mol. The van der Waals surface area contributed by atoms with Crippen LogP contribution < -0.4 is 0 Å². The number of aromatic nitrogens is 3. The Morgan fingerprint density at radius 1 is 1.23 bits per heavy atom. The monoisotopic (exact) mass is 340 g/mol. The van der Waals surface area contributed by atoms with E-state index in [1.807, 2.05) is 6.92 Å². The van der Waals surface area contributed by atoms with Crippen molar-refractivity contribution in [3.8, 4) is 0 Å². The number of aryl methyl sites for hydroxylation is 1. The summed E-state index contributed by atoms with van der Waals surface area (Å²) in [5.41, 5.74) is 0. The van der Waals surface area contributed by atoms with E-state index in [1.54, 1.807) is 24.3 Å². The second kappa shape index (κ2) is 5.98. The number of H-pyrrole nitrogens is 1. The summed E-state index contributed by atoms with van der Waals surface area (Å²) < 4.78 is 26.7. The first-order chi connectivity index (χ1) is 10.5. The Kier molecular flexibility index (Phi) is 4.20. The normalized spacial score (nSPS) is 17.7. The van der Waals surface area contributed by atoms with Crippen molar-refractivity contribution in [1.82, 2.24) is 19.5 Å². The summed E-state index contributed by atoms with van der Waals surface area (Å²) in [5, 5.41) is 7.53. The number of rotatable bonds is 3. The molecule has 2 aromatic rings. The number of nitrogens with one attached hydrogen (secondary N) is 1. The minimum absolute atomic E-state index is 0.210. The molecule has 1 saturated heterocycles. The van der Waals surface area contributed by atoms with Crippen molar-refractivity contribution in [2.24, 2.45) is 0 Å². The number of piperidine rings is 1. The lowest BCUT2D eigenvalue weighted by Gasteiger charge is -2.29. The van der Waals surface area contributed by atoms with E-state index in [-0.39, 0.29) is 10.8 Å².